The van der Waals surface area contributed by atoms with Crippen LogP contribution in [-0.4, -0.2) is 23.5 Å². The molecular weight excluding hydrogens is 338 g/mol. The lowest BCUT2D eigenvalue weighted by atomic mass is 10.2. The van der Waals surface area contributed by atoms with E-state index in [4.69, 9.17) is 4.52 Å². The van der Waals surface area contributed by atoms with Gasteiger partial charge in [-0.05, 0) is 37.6 Å². The molecule has 0 fully saturated rings. The molecule has 0 saturated heterocycles. The fourth-order valence-electron chi connectivity index (χ4n) is 1.69. The molecule has 0 aliphatic heterocycles. The number of nitrogens with one attached hydrogen (secondary N) is 2. The molecule has 0 unspecified atom stereocenters. The van der Waals surface area contributed by atoms with E-state index in [2.05, 4.69) is 31.7 Å². The summed E-state index contributed by atoms with van der Waals surface area (Å²) in [6.45, 7) is 3.43. The average Bonchev–Trinajstić information content (AvgIpc) is 2.86. The van der Waals surface area contributed by atoms with Gasteiger partial charge in [-0.2, -0.15) is 0 Å². The summed E-state index contributed by atoms with van der Waals surface area (Å²) >= 11 is 3.35. The van der Waals surface area contributed by atoms with E-state index in [1.54, 1.807) is 13.0 Å². The molecule has 21 heavy (non-hydrogen) atoms. The van der Waals surface area contributed by atoms with Crippen molar-refractivity contribution in [2.24, 2.45) is 0 Å². The molecule has 0 aliphatic carbocycles. The van der Waals surface area contributed by atoms with E-state index in [1.807, 2.05) is 19.1 Å². The van der Waals surface area contributed by atoms with E-state index in [9.17, 15) is 9.59 Å². The molecule has 2 aromatic rings. The average molecular weight is 352 g/mol. The Hall–Kier alpha value is -2.15. The second-order valence-corrected chi connectivity index (χ2v) is 5.43. The van der Waals surface area contributed by atoms with Crippen LogP contribution in [0.15, 0.2) is 33.3 Å². The van der Waals surface area contributed by atoms with E-state index >= 15 is 0 Å². The molecule has 2 amide bonds. The second kappa shape index (κ2) is 6.53. The zero-order valence-corrected chi connectivity index (χ0v) is 13.2. The monoisotopic (exact) mass is 351 g/mol. The minimum Gasteiger partial charge on any atom is -0.361 e. The number of hydrogen-bond donors (Lipinski definition) is 2. The third-order valence-corrected chi connectivity index (χ3v) is 3.23. The predicted octanol–water partition coefficient (Wildman–Crippen LogP) is 2.42. The molecular formula is C14H14BrN3O3. The van der Waals surface area contributed by atoms with Crippen LogP contribution in [0.4, 0.5) is 5.69 Å². The van der Waals surface area contributed by atoms with Gasteiger partial charge in [0.25, 0.3) is 5.91 Å². The quantitative estimate of drug-likeness (QED) is 0.885. The molecule has 110 valence electrons. The van der Waals surface area contributed by atoms with Gasteiger partial charge in [0, 0.05) is 16.2 Å². The van der Waals surface area contributed by atoms with Crippen LogP contribution in [0.3, 0.4) is 0 Å². The highest BCUT2D eigenvalue weighted by Crippen LogP contribution is 2.19. The van der Waals surface area contributed by atoms with Gasteiger partial charge in [-0.1, -0.05) is 21.1 Å². The standard InChI is InChI=1S/C14H14BrN3O3/c1-8-5-10(15)3-4-11(8)17-13(19)7-16-14(20)12-6-9(2)21-18-12/h3-6H,7H2,1-2H3,(H,16,20)(H,17,19). The summed E-state index contributed by atoms with van der Waals surface area (Å²) < 4.78 is 5.74. The van der Waals surface area contributed by atoms with Gasteiger partial charge in [0.15, 0.2) is 5.69 Å². The Labute approximate surface area is 130 Å². The topological polar surface area (TPSA) is 84.2 Å². The number of aryl methyl sites for hydroxylation is 2. The van der Waals surface area contributed by atoms with Crippen molar-refractivity contribution in [3.05, 3.63) is 45.8 Å². The van der Waals surface area contributed by atoms with Gasteiger partial charge in [0.05, 0.1) is 6.54 Å². The number of aromatic nitrogens is 1. The molecule has 0 spiro atoms. The second-order valence-electron chi connectivity index (χ2n) is 4.51. The zero-order chi connectivity index (χ0) is 15.4. The molecule has 2 N–H and O–H groups in total. The van der Waals surface area contributed by atoms with Gasteiger partial charge in [-0.3, -0.25) is 9.59 Å². The number of rotatable bonds is 4. The summed E-state index contributed by atoms with van der Waals surface area (Å²) in [5.41, 5.74) is 1.78. The Kier molecular flexibility index (Phi) is 4.74. The van der Waals surface area contributed by atoms with Crippen molar-refractivity contribution in [2.45, 2.75) is 13.8 Å². The normalized spacial score (nSPS) is 10.2. The first-order chi connectivity index (χ1) is 9.95. The van der Waals surface area contributed by atoms with Crippen molar-refractivity contribution in [1.82, 2.24) is 10.5 Å². The first-order valence-corrected chi connectivity index (χ1v) is 7.02. The smallest absolute Gasteiger partial charge is 0.273 e. The van der Waals surface area contributed by atoms with Crippen molar-refractivity contribution in [1.29, 1.82) is 0 Å². The fourth-order valence-corrected chi connectivity index (χ4v) is 2.16. The SMILES string of the molecule is Cc1cc(C(=O)NCC(=O)Nc2ccc(Br)cc2C)no1. The minimum atomic E-state index is -0.450. The van der Waals surface area contributed by atoms with E-state index in [0.717, 1.165) is 10.0 Å². The molecule has 1 aromatic heterocycles. The van der Waals surface area contributed by atoms with Gasteiger partial charge < -0.3 is 15.2 Å². The third-order valence-electron chi connectivity index (χ3n) is 2.73. The van der Waals surface area contributed by atoms with Crippen LogP contribution in [-0.2, 0) is 4.79 Å². The lowest BCUT2D eigenvalue weighted by Gasteiger charge is -2.09. The van der Waals surface area contributed by atoms with Crippen LogP contribution in [0.1, 0.15) is 21.8 Å². The van der Waals surface area contributed by atoms with Crippen molar-refractivity contribution in [3.8, 4) is 0 Å². The van der Waals surface area contributed by atoms with Gasteiger partial charge >= 0.3 is 0 Å². The molecule has 0 atom stereocenters. The summed E-state index contributed by atoms with van der Waals surface area (Å²) in [4.78, 5) is 23.5. The van der Waals surface area contributed by atoms with E-state index < -0.39 is 5.91 Å². The molecule has 6 nitrogen and oxygen atoms in total. The summed E-state index contributed by atoms with van der Waals surface area (Å²) in [6, 6.07) is 7.03. The van der Waals surface area contributed by atoms with Gasteiger partial charge in [-0.25, -0.2) is 0 Å². The van der Waals surface area contributed by atoms with Crippen LogP contribution >= 0.6 is 15.9 Å². The highest BCUT2D eigenvalue weighted by atomic mass is 79.9. The molecule has 0 aliphatic rings. The number of nitrogens with zero attached hydrogens (tertiary/aromatic N) is 1. The third kappa shape index (κ3) is 4.16. The summed E-state index contributed by atoms with van der Waals surface area (Å²) in [7, 11) is 0. The maximum atomic E-state index is 11.8. The maximum absolute atomic E-state index is 11.8. The van der Waals surface area contributed by atoms with Gasteiger partial charge in [0.1, 0.15) is 5.76 Å². The highest BCUT2D eigenvalue weighted by molar-refractivity contribution is 9.10. The number of carbonyl (C=O) groups is 2. The Morgan fingerprint density at radius 3 is 2.67 bits per heavy atom. The predicted molar refractivity (Wildman–Crippen MR) is 81.1 cm³/mol. The van der Waals surface area contributed by atoms with Crippen LogP contribution in [0.25, 0.3) is 0 Å². The lowest BCUT2D eigenvalue weighted by molar-refractivity contribution is -0.115. The van der Waals surface area contributed by atoms with E-state index in [1.165, 1.54) is 6.07 Å². The molecule has 2 rings (SSSR count). The number of anilines is 1. The largest absolute Gasteiger partial charge is 0.361 e. The summed E-state index contributed by atoms with van der Waals surface area (Å²) in [6.07, 6.45) is 0. The first-order valence-electron chi connectivity index (χ1n) is 6.23. The Balaban J connectivity index is 1.89. The van der Waals surface area contributed by atoms with Crippen molar-refractivity contribution in [3.63, 3.8) is 0 Å². The Morgan fingerprint density at radius 1 is 1.29 bits per heavy atom. The molecule has 7 heteroatoms. The van der Waals surface area contributed by atoms with Crippen LogP contribution < -0.4 is 10.6 Å². The van der Waals surface area contributed by atoms with Crippen LogP contribution in [0, 0.1) is 13.8 Å². The molecule has 1 aromatic carbocycles. The van der Waals surface area contributed by atoms with Gasteiger partial charge in [-0.15, -0.1) is 0 Å². The van der Waals surface area contributed by atoms with Crippen LogP contribution in [0.5, 0.6) is 0 Å². The first kappa shape index (κ1) is 15.2. The lowest BCUT2D eigenvalue weighted by Crippen LogP contribution is -2.33. The minimum absolute atomic E-state index is 0.139. The Bertz CT molecular complexity index is 682. The number of hydrogen-bond acceptors (Lipinski definition) is 4. The van der Waals surface area contributed by atoms with Crippen molar-refractivity contribution in [2.75, 3.05) is 11.9 Å². The maximum Gasteiger partial charge on any atom is 0.273 e. The summed E-state index contributed by atoms with van der Waals surface area (Å²) in [5, 5.41) is 8.79. The van der Waals surface area contributed by atoms with E-state index in [-0.39, 0.29) is 18.1 Å². The summed E-state index contributed by atoms with van der Waals surface area (Å²) in [5.74, 6) is -0.224. The number of halogens is 1. The highest BCUT2D eigenvalue weighted by Gasteiger charge is 2.12. The van der Waals surface area contributed by atoms with Crippen LogP contribution in [0.2, 0.25) is 0 Å². The van der Waals surface area contributed by atoms with Crippen molar-refractivity contribution < 1.29 is 14.1 Å². The number of amides is 2. The molecule has 1 heterocycles. The fraction of sp³-hybridized carbons (Fsp3) is 0.214. The molecule has 0 bridgehead atoms. The molecule has 0 saturated carbocycles. The zero-order valence-electron chi connectivity index (χ0n) is 11.6. The number of benzene rings is 1. The Morgan fingerprint density at radius 2 is 2.05 bits per heavy atom. The van der Waals surface area contributed by atoms with Crippen molar-refractivity contribution >= 4 is 33.4 Å². The molecule has 0 radical (unpaired) electrons. The van der Waals surface area contributed by atoms with E-state index in [0.29, 0.717) is 11.4 Å². The van der Waals surface area contributed by atoms with Gasteiger partial charge in [0.2, 0.25) is 5.91 Å². The number of carbonyl (C=O) groups excluding carboxylic acids is 2.